The second kappa shape index (κ2) is 8.76. The maximum absolute atomic E-state index is 4.08. The van der Waals surface area contributed by atoms with Gasteiger partial charge in [-0.2, -0.15) is 0 Å². The van der Waals surface area contributed by atoms with Gasteiger partial charge in [0.25, 0.3) is 0 Å². The molecule has 0 fully saturated rings. The van der Waals surface area contributed by atoms with Gasteiger partial charge in [0, 0.05) is 0 Å². The minimum absolute atomic E-state index is 0.397. The molecular formula is C25H27Br2HfSi. The van der Waals surface area contributed by atoms with Crippen molar-refractivity contribution in [3.8, 4) is 0 Å². The van der Waals surface area contributed by atoms with Crippen LogP contribution in [0.1, 0.15) is 44.2 Å². The summed E-state index contributed by atoms with van der Waals surface area (Å²) in [5.74, 6) is 0.887. The van der Waals surface area contributed by atoms with Crippen LogP contribution in [0, 0.1) is 5.92 Å². The molecule has 3 aliphatic rings. The van der Waals surface area contributed by atoms with Crippen LogP contribution in [0.15, 0.2) is 73.7 Å². The Balaban J connectivity index is 2.04. The zero-order chi connectivity index (χ0) is 20.9. The molecule has 3 aliphatic carbocycles. The Bertz CT molecular complexity index is 1060. The molecule has 0 spiro atoms. The van der Waals surface area contributed by atoms with Gasteiger partial charge in [-0.05, 0) is 0 Å². The molecule has 1 aromatic carbocycles. The van der Waals surface area contributed by atoms with E-state index >= 15 is 0 Å². The van der Waals surface area contributed by atoms with Crippen LogP contribution in [0.25, 0.3) is 6.08 Å². The normalized spacial score (nSPS) is 23.1. The molecule has 0 aromatic heterocycles. The van der Waals surface area contributed by atoms with Crippen molar-refractivity contribution < 1.29 is 16.8 Å². The first kappa shape index (κ1) is 22.0. The quantitative estimate of drug-likeness (QED) is 0.282. The first-order valence-electron chi connectivity index (χ1n) is 10.4. The molecule has 0 radical (unpaired) electrons. The van der Waals surface area contributed by atoms with E-state index in [9.17, 15) is 0 Å². The summed E-state index contributed by atoms with van der Waals surface area (Å²) in [4.78, 5) is 0. The van der Waals surface area contributed by atoms with Crippen molar-refractivity contribution in [2.45, 2.75) is 46.2 Å². The fourth-order valence-corrected chi connectivity index (χ4v) is 17.6. The number of hydrogen-bond donors (Lipinski definition) is 0. The second-order valence-corrected chi connectivity index (χ2v) is 36.3. The Labute approximate surface area is 196 Å². The first-order chi connectivity index (χ1) is 13.9. The van der Waals surface area contributed by atoms with Gasteiger partial charge in [-0.3, -0.25) is 0 Å². The molecule has 2 atom stereocenters. The fourth-order valence-electron chi connectivity index (χ4n) is 5.30. The fraction of sp³-hybridized carbons (Fsp3) is 0.320. The molecule has 0 bridgehead atoms. The summed E-state index contributed by atoms with van der Waals surface area (Å²) in [7, 11) is -0.502. The summed E-state index contributed by atoms with van der Waals surface area (Å²) in [6, 6.07) is 8.99. The predicted octanol–water partition coefficient (Wildman–Crippen LogP) is 8.04. The third-order valence-corrected chi connectivity index (χ3v) is 18.1. The van der Waals surface area contributed by atoms with Crippen LogP contribution in [0.2, 0.25) is 13.1 Å². The molecule has 4 rings (SSSR count). The summed E-state index contributed by atoms with van der Waals surface area (Å²) in [6.07, 6.45) is 10.7. The number of halogens is 2. The number of fused-ring (bicyclic) bond motifs is 2. The Hall–Kier alpha value is -0.163. The first-order valence-corrected chi connectivity index (χ1v) is 30.4. The molecule has 0 saturated carbocycles. The minimum atomic E-state index is -2.13. The number of hydrogen-bond acceptors (Lipinski definition) is 0. The van der Waals surface area contributed by atoms with Crippen LogP contribution in [0.4, 0.5) is 0 Å². The van der Waals surface area contributed by atoms with Crippen LogP contribution >= 0.6 is 24.6 Å². The molecule has 2 unspecified atom stereocenters. The molecule has 149 valence electrons. The van der Waals surface area contributed by atoms with E-state index in [-0.39, 0.29) is 0 Å². The van der Waals surface area contributed by atoms with Gasteiger partial charge in [0.2, 0.25) is 0 Å². The summed E-state index contributed by atoms with van der Waals surface area (Å²) in [5.41, 5.74) is 10.7. The summed E-state index contributed by atoms with van der Waals surface area (Å²) >= 11 is 6.03. The van der Waals surface area contributed by atoms with Crippen LogP contribution in [-0.2, 0) is 16.8 Å². The molecule has 0 amide bonds. The molecule has 0 N–H and O–H groups in total. The van der Waals surface area contributed by atoms with Crippen molar-refractivity contribution in [3.63, 3.8) is 0 Å². The van der Waals surface area contributed by atoms with E-state index in [1.165, 1.54) is 22.3 Å². The van der Waals surface area contributed by atoms with Gasteiger partial charge in [0.1, 0.15) is 0 Å². The molecule has 29 heavy (non-hydrogen) atoms. The van der Waals surface area contributed by atoms with E-state index in [2.05, 4.69) is 107 Å². The van der Waals surface area contributed by atoms with Crippen molar-refractivity contribution in [1.29, 1.82) is 0 Å². The average molecular weight is 694 g/mol. The maximum atomic E-state index is 4.08. The molecule has 1 aromatic rings. The topological polar surface area (TPSA) is 0 Å². The van der Waals surface area contributed by atoms with Gasteiger partial charge in [-0.1, -0.05) is 0 Å². The third kappa shape index (κ3) is 3.70. The zero-order valence-electron chi connectivity index (χ0n) is 17.7. The molecule has 0 saturated heterocycles. The van der Waals surface area contributed by atoms with Gasteiger partial charge in [0.15, 0.2) is 0 Å². The van der Waals surface area contributed by atoms with Crippen molar-refractivity contribution in [1.82, 2.24) is 0 Å². The zero-order valence-corrected chi connectivity index (χ0v) is 25.5. The predicted molar refractivity (Wildman–Crippen MR) is 134 cm³/mol. The standard InChI is InChI=1S/C25H27Si.2BrH.Hf/c1-6-18-15-20-11-9-13-22(26(4)5)17(3)24(20)25(18)23-16(2)14-19-10-7-8-12-21(19)23;;;/h7-14,17,23H,6H2,1-5H3;2*1H;/q;;;+2/p-2. The third-order valence-electron chi connectivity index (χ3n) is 6.47. The summed E-state index contributed by atoms with van der Waals surface area (Å²) in [5, 5.41) is 1.65. The van der Waals surface area contributed by atoms with Crippen LogP contribution in [-0.4, -0.2) is 13.6 Å². The van der Waals surface area contributed by atoms with Crippen molar-refractivity contribution >= 4 is 44.2 Å². The van der Waals surface area contributed by atoms with E-state index in [1.807, 2.05) is 0 Å². The monoisotopic (exact) mass is 693 g/mol. The second-order valence-electron chi connectivity index (χ2n) is 8.36. The summed E-state index contributed by atoms with van der Waals surface area (Å²) in [6.45, 7) is 12.0. The van der Waals surface area contributed by atoms with Crippen molar-refractivity contribution in [2.75, 3.05) is 0 Å². The van der Waals surface area contributed by atoms with Crippen LogP contribution in [0.3, 0.4) is 0 Å². The Morgan fingerprint density at radius 1 is 1.10 bits per heavy atom. The number of allylic oxidation sites excluding steroid dienone is 9. The van der Waals surface area contributed by atoms with Crippen LogP contribution in [0.5, 0.6) is 0 Å². The Morgan fingerprint density at radius 2 is 1.83 bits per heavy atom. The van der Waals surface area contributed by atoms with E-state index in [1.54, 1.807) is 25.2 Å². The van der Waals surface area contributed by atoms with Crippen molar-refractivity contribution in [2.24, 2.45) is 5.92 Å². The van der Waals surface area contributed by atoms with Crippen molar-refractivity contribution in [3.05, 3.63) is 84.8 Å². The van der Waals surface area contributed by atoms with Crippen LogP contribution < -0.4 is 0 Å². The van der Waals surface area contributed by atoms with Gasteiger partial charge in [-0.25, -0.2) is 0 Å². The SMILES string of the molecule is CCC1=[C]([Hf]([Br])[Br])C2=CC=CC(=[Si](C)C)C(C)C2=C1C1C(C)=Cc2ccccc21. The van der Waals surface area contributed by atoms with Gasteiger partial charge in [-0.15, -0.1) is 0 Å². The van der Waals surface area contributed by atoms with Gasteiger partial charge in [0.05, 0.1) is 0 Å². The van der Waals surface area contributed by atoms with E-state index < -0.39 is 25.2 Å². The van der Waals surface area contributed by atoms with Gasteiger partial charge < -0.3 is 0 Å². The average Bonchev–Trinajstić information content (AvgIpc) is 3.11. The van der Waals surface area contributed by atoms with Gasteiger partial charge >= 0.3 is 198 Å². The number of benzene rings is 1. The molecular weight excluding hydrogens is 667 g/mol. The summed E-state index contributed by atoms with van der Waals surface area (Å²) < 4.78 is 1.64. The molecule has 0 nitrogen and oxygen atoms in total. The molecule has 4 heteroatoms. The van der Waals surface area contributed by atoms with E-state index in [4.69, 9.17) is 0 Å². The molecule has 0 heterocycles. The number of rotatable bonds is 3. The van der Waals surface area contributed by atoms with E-state index in [0.29, 0.717) is 11.8 Å². The Morgan fingerprint density at radius 3 is 2.48 bits per heavy atom. The van der Waals surface area contributed by atoms with E-state index in [0.717, 1.165) is 6.42 Å². The Kier molecular flexibility index (Phi) is 6.66. The molecule has 0 aliphatic heterocycles.